The molecule has 98 valence electrons. The zero-order valence-corrected chi connectivity index (χ0v) is 11.7. The highest BCUT2D eigenvalue weighted by Gasteiger charge is 2.33. The van der Waals surface area contributed by atoms with Crippen LogP contribution in [0.4, 0.5) is 0 Å². The summed E-state index contributed by atoms with van der Waals surface area (Å²) in [6, 6.07) is 7.23. The Hall–Kier alpha value is -1.59. The standard InChI is InChI=1S/C13H11ClN2O2S/c1-8(17)16-10(11-4-5-13(14)18-11)7-9(15-16)12-3-2-6-19-12/h2-6,10H,7H2,1H3/t10-/m1/s1. The van der Waals surface area contributed by atoms with Crippen molar-refractivity contribution in [2.45, 2.75) is 19.4 Å². The van der Waals surface area contributed by atoms with Crippen LogP contribution in [0.2, 0.25) is 5.22 Å². The largest absolute Gasteiger partial charge is 0.447 e. The fraction of sp³-hybridized carbons (Fsp3) is 0.231. The molecule has 19 heavy (non-hydrogen) atoms. The predicted octanol–water partition coefficient (Wildman–Crippen LogP) is 3.69. The van der Waals surface area contributed by atoms with Gasteiger partial charge < -0.3 is 4.42 Å². The van der Waals surface area contributed by atoms with Crippen molar-refractivity contribution in [3.8, 4) is 0 Å². The Bertz CT molecular complexity index is 633. The van der Waals surface area contributed by atoms with E-state index in [0.717, 1.165) is 10.6 Å². The normalized spacial score (nSPS) is 18.7. The summed E-state index contributed by atoms with van der Waals surface area (Å²) in [5.41, 5.74) is 0.905. The van der Waals surface area contributed by atoms with E-state index in [1.54, 1.807) is 23.5 Å². The van der Waals surface area contributed by atoms with Crippen LogP contribution in [-0.4, -0.2) is 16.6 Å². The number of nitrogens with zero attached hydrogens (tertiary/aromatic N) is 2. The number of hydrogen-bond acceptors (Lipinski definition) is 4. The summed E-state index contributed by atoms with van der Waals surface area (Å²) in [6.45, 7) is 1.50. The van der Waals surface area contributed by atoms with Gasteiger partial charge >= 0.3 is 0 Å². The monoisotopic (exact) mass is 294 g/mol. The molecule has 1 aliphatic rings. The molecule has 0 radical (unpaired) electrons. The maximum absolute atomic E-state index is 11.7. The Morgan fingerprint density at radius 3 is 2.95 bits per heavy atom. The van der Waals surface area contributed by atoms with Crippen molar-refractivity contribution in [2.75, 3.05) is 0 Å². The van der Waals surface area contributed by atoms with Gasteiger partial charge in [0.15, 0.2) is 5.22 Å². The third-order valence-electron chi connectivity index (χ3n) is 2.96. The molecule has 1 aliphatic heterocycles. The first-order valence-electron chi connectivity index (χ1n) is 5.81. The molecule has 0 fully saturated rings. The van der Waals surface area contributed by atoms with Crippen LogP contribution in [-0.2, 0) is 4.79 Å². The van der Waals surface area contributed by atoms with Crippen molar-refractivity contribution in [1.29, 1.82) is 0 Å². The third-order valence-corrected chi connectivity index (χ3v) is 4.08. The molecule has 0 aromatic carbocycles. The highest BCUT2D eigenvalue weighted by atomic mass is 35.5. The van der Waals surface area contributed by atoms with E-state index in [1.165, 1.54) is 11.9 Å². The van der Waals surface area contributed by atoms with Crippen LogP contribution in [0.15, 0.2) is 39.2 Å². The highest BCUT2D eigenvalue weighted by Crippen LogP contribution is 2.35. The number of thiophene rings is 1. The second-order valence-electron chi connectivity index (χ2n) is 4.25. The number of furan rings is 1. The minimum Gasteiger partial charge on any atom is -0.447 e. The quantitative estimate of drug-likeness (QED) is 0.848. The molecule has 0 spiro atoms. The number of halogens is 1. The minimum absolute atomic E-state index is 0.107. The fourth-order valence-corrected chi connectivity index (χ4v) is 2.99. The van der Waals surface area contributed by atoms with Crippen molar-refractivity contribution >= 4 is 34.6 Å². The molecule has 0 unspecified atom stereocenters. The van der Waals surface area contributed by atoms with Crippen molar-refractivity contribution < 1.29 is 9.21 Å². The number of amides is 1. The highest BCUT2D eigenvalue weighted by molar-refractivity contribution is 7.12. The topological polar surface area (TPSA) is 45.8 Å². The maximum Gasteiger partial charge on any atom is 0.240 e. The molecule has 6 heteroatoms. The summed E-state index contributed by atoms with van der Waals surface area (Å²) in [4.78, 5) is 12.8. The molecular formula is C13H11ClN2O2S. The van der Waals surface area contributed by atoms with E-state index in [9.17, 15) is 4.79 Å². The van der Waals surface area contributed by atoms with Gasteiger partial charge in [-0.05, 0) is 35.2 Å². The molecule has 3 heterocycles. The first kappa shape index (κ1) is 12.4. The summed E-state index contributed by atoms with van der Waals surface area (Å²) in [7, 11) is 0. The lowest BCUT2D eigenvalue weighted by Crippen LogP contribution is -2.23. The van der Waals surface area contributed by atoms with E-state index in [2.05, 4.69) is 5.10 Å². The lowest BCUT2D eigenvalue weighted by molar-refractivity contribution is -0.130. The molecular weight excluding hydrogens is 284 g/mol. The molecule has 1 atom stereocenters. The first-order valence-corrected chi connectivity index (χ1v) is 7.07. The van der Waals surface area contributed by atoms with E-state index in [1.807, 2.05) is 17.5 Å². The minimum atomic E-state index is -0.206. The van der Waals surface area contributed by atoms with Crippen LogP contribution in [0.1, 0.15) is 30.0 Å². The number of carbonyl (C=O) groups is 1. The lowest BCUT2D eigenvalue weighted by atomic mass is 10.1. The van der Waals surface area contributed by atoms with E-state index in [-0.39, 0.29) is 11.9 Å². The first-order chi connectivity index (χ1) is 9.15. The predicted molar refractivity (Wildman–Crippen MR) is 74.5 cm³/mol. The van der Waals surface area contributed by atoms with Crippen LogP contribution >= 0.6 is 22.9 Å². The van der Waals surface area contributed by atoms with E-state index in [4.69, 9.17) is 16.0 Å². The van der Waals surface area contributed by atoms with Gasteiger partial charge in [-0.3, -0.25) is 4.79 Å². The lowest BCUT2D eigenvalue weighted by Gasteiger charge is -2.17. The smallest absolute Gasteiger partial charge is 0.240 e. The van der Waals surface area contributed by atoms with Gasteiger partial charge in [-0.15, -0.1) is 11.3 Å². The second kappa shape index (κ2) is 4.83. The summed E-state index contributed by atoms with van der Waals surface area (Å²) in [5.74, 6) is 0.555. The van der Waals surface area contributed by atoms with Gasteiger partial charge in [-0.25, -0.2) is 5.01 Å². The molecule has 2 aromatic heterocycles. The van der Waals surface area contributed by atoms with Crippen molar-refractivity contribution in [3.63, 3.8) is 0 Å². The van der Waals surface area contributed by atoms with E-state index < -0.39 is 0 Å². The zero-order chi connectivity index (χ0) is 13.4. The molecule has 2 aromatic rings. The van der Waals surface area contributed by atoms with Crippen molar-refractivity contribution in [2.24, 2.45) is 5.10 Å². The van der Waals surface area contributed by atoms with Crippen LogP contribution in [0.3, 0.4) is 0 Å². The van der Waals surface area contributed by atoms with Gasteiger partial charge in [0.2, 0.25) is 5.91 Å². The van der Waals surface area contributed by atoms with Gasteiger partial charge in [0, 0.05) is 13.3 Å². The zero-order valence-electron chi connectivity index (χ0n) is 10.2. The molecule has 0 bridgehead atoms. The van der Waals surface area contributed by atoms with E-state index >= 15 is 0 Å². The Kier molecular flexibility index (Phi) is 3.16. The van der Waals surface area contributed by atoms with Crippen LogP contribution < -0.4 is 0 Å². The Morgan fingerprint density at radius 2 is 2.37 bits per heavy atom. The van der Waals surface area contributed by atoms with Gasteiger partial charge in [-0.2, -0.15) is 5.10 Å². The van der Waals surface area contributed by atoms with Crippen molar-refractivity contribution in [3.05, 3.63) is 45.5 Å². The third kappa shape index (κ3) is 2.31. The average molecular weight is 295 g/mol. The number of carbonyl (C=O) groups excluding carboxylic acids is 1. The summed E-state index contributed by atoms with van der Waals surface area (Å²) >= 11 is 7.41. The van der Waals surface area contributed by atoms with E-state index in [0.29, 0.717) is 17.4 Å². The van der Waals surface area contributed by atoms with Gasteiger partial charge in [0.1, 0.15) is 11.8 Å². The summed E-state index contributed by atoms with van der Waals surface area (Å²) in [5, 5.41) is 8.18. The summed E-state index contributed by atoms with van der Waals surface area (Å²) < 4.78 is 5.42. The molecule has 0 N–H and O–H groups in total. The molecule has 3 rings (SSSR count). The molecule has 0 saturated heterocycles. The number of hydrogen-bond donors (Lipinski definition) is 0. The maximum atomic E-state index is 11.7. The second-order valence-corrected chi connectivity index (χ2v) is 5.57. The van der Waals surface area contributed by atoms with Gasteiger partial charge in [0.05, 0.1) is 10.6 Å². The van der Waals surface area contributed by atoms with Gasteiger partial charge in [0.25, 0.3) is 0 Å². The fourth-order valence-electron chi connectivity index (χ4n) is 2.12. The molecule has 4 nitrogen and oxygen atoms in total. The van der Waals surface area contributed by atoms with Crippen molar-refractivity contribution in [1.82, 2.24) is 5.01 Å². The number of hydrazone groups is 1. The number of rotatable bonds is 2. The van der Waals surface area contributed by atoms with Crippen LogP contribution in [0, 0.1) is 0 Å². The summed E-state index contributed by atoms with van der Waals surface area (Å²) in [6.07, 6.45) is 0.643. The van der Waals surface area contributed by atoms with Gasteiger partial charge in [-0.1, -0.05) is 6.07 Å². The average Bonchev–Trinajstić information content (AvgIpc) is 3.07. The van der Waals surface area contributed by atoms with Crippen LogP contribution in [0.25, 0.3) is 0 Å². The Balaban J connectivity index is 1.93. The Morgan fingerprint density at radius 1 is 1.53 bits per heavy atom. The molecule has 1 amide bonds. The van der Waals surface area contributed by atoms with Crippen LogP contribution in [0.5, 0.6) is 0 Å². The molecule has 0 saturated carbocycles. The SMILES string of the molecule is CC(=O)N1N=C(c2cccs2)C[C@@H]1c1ccc(Cl)o1. The Labute approximate surface area is 119 Å². The molecule has 0 aliphatic carbocycles.